The average Bonchev–Trinajstić information content (AvgIpc) is 2.88. The minimum Gasteiger partial charge on any atom is -0.479 e. The number of carbonyl (C=O) groups excluding carboxylic acids is 1. The molecule has 0 bridgehead atoms. The molecule has 1 aliphatic rings. The number of benzene rings is 1. The Morgan fingerprint density at radius 3 is 2.14 bits per heavy atom. The van der Waals surface area contributed by atoms with Crippen LogP contribution in [0.1, 0.15) is 5.56 Å². The van der Waals surface area contributed by atoms with Gasteiger partial charge < -0.3 is 46.4 Å². The fraction of sp³-hybridized carbons (Fsp3) is 0.364. The number of rotatable bonds is 7. The highest BCUT2D eigenvalue weighted by Crippen LogP contribution is 2.21. The number of ether oxygens (including phenoxy) is 1. The van der Waals surface area contributed by atoms with Crippen LogP contribution in [0.4, 0.5) is 10.7 Å². The number of carbonyl (C=O) groups is 3. The van der Waals surface area contributed by atoms with Crippen molar-refractivity contribution in [2.75, 3.05) is 38.3 Å². The number of aliphatic carboxylic acids is 2. The molecule has 1 saturated heterocycles. The SMILES string of the molecule is CN(Cc1cccc(-c2cnc(N3CCOCC3)nc2)c1)C(=O)N=C(N)N.O=C(O)[C@H](O)[C@@H](O)C(=O)O. The summed E-state index contributed by atoms with van der Waals surface area (Å²) >= 11 is 0. The lowest BCUT2D eigenvalue weighted by molar-refractivity contribution is -0.165. The Bertz CT molecular complexity index is 1080. The largest absolute Gasteiger partial charge is 0.479 e. The van der Waals surface area contributed by atoms with E-state index < -0.39 is 30.2 Å². The van der Waals surface area contributed by atoms with E-state index >= 15 is 0 Å². The number of anilines is 1. The van der Waals surface area contributed by atoms with Crippen LogP contribution in [0.5, 0.6) is 0 Å². The van der Waals surface area contributed by atoms with Crippen molar-refractivity contribution in [2.45, 2.75) is 18.8 Å². The standard InChI is InChI=1S/C18H23N7O2.C4H6O6/c1-24(18(26)23-16(19)20)12-13-3-2-4-14(9-13)15-10-21-17(22-11-15)25-5-7-27-8-6-25;5-1(3(7)8)2(6)4(9)10/h2-4,9-11H,5-8,12H2,1H3,(H4,19,20,23,26);1-2,5-6H,(H,7,8)(H,9,10)/t;1-,2-/m.1/s1. The number of aromatic nitrogens is 2. The molecule has 15 heteroatoms. The van der Waals surface area contributed by atoms with Gasteiger partial charge in [0.15, 0.2) is 18.2 Å². The van der Waals surface area contributed by atoms with Gasteiger partial charge >= 0.3 is 18.0 Å². The van der Waals surface area contributed by atoms with Crippen LogP contribution in [0.3, 0.4) is 0 Å². The van der Waals surface area contributed by atoms with Crippen molar-refractivity contribution in [3.05, 3.63) is 42.2 Å². The lowest BCUT2D eigenvalue weighted by atomic mass is 10.1. The molecule has 2 heterocycles. The van der Waals surface area contributed by atoms with Crippen LogP contribution in [0.2, 0.25) is 0 Å². The minimum absolute atomic E-state index is 0.252. The van der Waals surface area contributed by atoms with Crippen LogP contribution in [-0.4, -0.2) is 105 Å². The van der Waals surface area contributed by atoms with Crippen molar-refractivity contribution in [3.63, 3.8) is 0 Å². The number of guanidine groups is 1. The van der Waals surface area contributed by atoms with Gasteiger partial charge in [-0.1, -0.05) is 18.2 Å². The van der Waals surface area contributed by atoms with Crippen LogP contribution < -0.4 is 16.4 Å². The Morgan fingerprint density at radius 1 is 1.05 bits per heavy atom. The number of aliphatic imine (C=N–C) groups is 1. The Morgan fingerprint density at radius 2 is 1.62 bits per heavy atom. The highest BCUT2D eigenvalue weighted by molar-refractivity contribution is 5.90. The fourth-order valence-corrected chi connectivity index (χ4v) is 3.05. The molecule has 0 spiro atoms. The zero-order valence-corrected chi connectivity index (χ0v) is 20.0. The molecular formula is C22H29N7O8. The summed E-state index contributed by atoms with van der Waals surface area (Å²) in [5, 5.41) is 32.5. The Labute approximate surface area is 211 Å². The molecule has 1 aromatic carbocycles. The predicted molar refractivity (Wildman–Crippen MR) is 130 cm³/mol. The number of aliphatic hydroxyl groups excluding tert-OH is 2. The van der Waals surface area contributed by atoms with Gasteiger partial charge in [0.05, 0.1) is 13.2 Å². The molecule has 2 atom stereocenters. The first-order valence-electron chi connectivity index (χ1n) is 10.9. The molecule has 1 aromatic heterocycles. The third-order valence-corrected chi connectivity index (χ3v) is 4.97. The quantitative estimate of drug-likeness (QED) is 0.184. The first-order chi connectivity index (χ1) is 17.5. The smallest absolute Gasteiger partial charge is 0.346 e. The maximum absolute atomic E-state index is 11.8. The predicted octanol–water partition coefficient (Wildman–Crippen LogP) is -1.32. The highest BCUT2D eigenvalue weighted by Gasteiger charge is 2.29. The van der Waals surface area contributed by atoms with Crippen molar-refractivity contribution < 1.29 is 39.5 Å². The molecule has 200 valence electrons. The van der Waals surface area contributed by atoms with Crippen LogP contribution >= 0.6 is 0 Å². The van der Waals surface area contributed by atoms with E-state index in [-0.39, 0.29) is 5.96 Å². The van der Waals surface area contributed by atoms with E-state index in [0.717, 1.165) is 29.8 Å². The number of nitrogens with zero attached hydrogens (tertiary/aromatic N) is 5. The topological polar surface area (TPSA) is 238 Å². The average molecular weight is 520 g/mol. The van der Waals surface area contributed by atoms with Crippen molar-refractivity contribution in [1.29, 1.82) is 0 Å². The second kappa shape index (κ2) is 13.7. The number of morpholine rings is 1. The van der Waals surface area contributed by atoms with E-state index in [9.17, 15) is 14.4 Å². The van der Waals surface area contributed by atoms with Crippen LogP contribution in [-0.2, 0) is 20.9 Å². The molecular weight excluding hydrogens is 490 g/mol. The molecule has 0 aliphatic carbocycles. The van der Waals surface area contributed by atoms with Gasteiger partial charge in [0.2, 0.25) is 5.95 Å². The normalized spacial score (nSPS) is 14.4. The van der Waals surface area contributed by atoms with E-state index in [0.29, 0.717) is 25.7 Å². The lowest BCUT2D eigenvalue weighted by Crippen LogP contribution is -2.39. The lowest BCUT2D eigenvalue weighted by Gasteiger charge is -2.26. The number of nitrogens with two attached hydrogens (primary N) is 2. The molecule has 2 amide bonds. The van der Waals surface area contributed by atoms with Gasteiger partial charge in [-0.3, -0.25) is 0 Å². The van der Waals surface area contributed by atoms with Crippen molar-refractivity contribution in [2.24, 2.45) is 16.5 Å². The second-order valence-corrected chi connectivity index (χ2v) is 7.81. The third-order valence-electron chi connectivity index (χ3n) is 4.97. The molecule has 3 rings (SSSR count). The van der Waals surface area contributed by atoms with E-state index in [1.165, 1.54) is 4.90 Å². The summed E-state index contributed by atoms with van der Waals surface area (Å²) in [5.74, 6) is -3.08. The van der Waals surface area contributed by atoms with Crippen LogP contribution in [0.15, 0.2) is 41.7 Å². The third kappa shape index (κ3) is 8.99. The summed E-state index contributed by atoms with van der Waals surface area (Å²) in [7, 11) is 1.64. The summed E-state index contributed by atoms with van der Waals surface area (Å²) in [6.45, 7) is 3.37. The first-order valence-corrected chi connectivity index (χ1v) is 10.9. The summed E-state index contributed by atoms with van der Waals surface area (Å²) < 4.78 is 5.35. The van der Waals surface area contributed by atoms with E-state index in [1.807, 2.05) is 36.7 Å². The molecule has 0 radical (unpaired) electrons. The maximum Gasteiger partial charge on any atom is 0.346 e. The number of carboxylic acids is 2. The Balaban J connectivity index is 0.000000410. The van der Waals surface area contributed by atoms with Gasteiger partial charge in [0.1, 0.15) is 0 Å². The number of urea groups is 1. The van der Waals surface area contributed by atoms with Gasteiger partial charge in [0.25, 0.3) is 0 Å². The summed E-state index contributed by atoms with van der Waals surface area (Å²) in [5.41, 5.74) is 13.3. The van der Waals surface area contributed by atoms with Crippen molar-refractivity contribution in [3.8, 4) is 11.1 Å². The van der Waals surface area contributed by atoms with Gasteiger partial charge in [0, 0.05) is 44.6 Å². The Hall–Kier alpha value is -4.34. The Kier molecular flexibility index (Phi) is 10.7. The van der Waals surface area contributed by atoms with Crippen molar-refractivity contribution in [1.82, 2.24) is 14.9 Å². The monoisotopic (exact) mass is 519 g/mol. The molecule has 37 heavy (non-hydrogen) atoms. The number of aliphatic hydroxyl groups is 2. The van der Waals surface area contributed by atoms with Gasteiger partial charge in [-0.2, -0.15) is 4.99 Å². The van der Waals surface area contributed by atoms with Crippen molar-refractivity contribution >= 4 is 29.9 Å². The maximum atomic E-state index is 11.8. The van der Waals surface area contributed by atoms with Crippen LogP contribution in [0, 0.1) is 0 Å². The zero-order chi connectivity index (χ0) is 27.5. The highest BCUT2D eigenvalue weighted by atomic mass is 16.5. The number of amides is 2. The van der Waals surface area contributed by atoms with Crippen LogP contribution in [0.25, 0.3) is 11.1 Å². The molecule has 2 aromatic rings. The van der Waals surface area contributed by atoms with E-state index in [4.69, 9.17) is 36.6 Å². The number of carboxylic acid groups (broad SMARTS) is 2. The minimum atomic E-state index is -2.27. The summed E-state index contributed by atoms with van der Waals surface area (Å²) in [6, 6.07) is 7.35. The molecule has 8 N–H and O–H groups in total. The molecule has 15 nitrogen and oxygen atoms in total. The summed E-state index contributed by atoms with van der Waals surface area (Å²) in [6.07, 6.45) is -0.911. The fourth-order valence-electron chi connectivity index (χ4n) is 3.05. The van der Waals surface area contributed by atoms with E-state index in [2.05, 4.69) is 19.9 Å². The number of hydrogen-bond acceptors (Lipinski definition) is 9. The molecule has 0 saturated carbocycles. The zero-order valence-electron chi connectivity index (χ0n) is 20.0. The van der Waals surface area contributed by atoms with Gasteiger partial charge in [-0.25, -0.2) is 24.4 Å². The van der Waals surface area contributed by atoms with Gasteiger partial charge in [-0.05, 0) is 17.2 Å². The second-order valence-electron chi connectivity index (χ2n) is 7.81. The molecule has 1 aliphatic heterocycles. The summed E-state index contributed by atoms with van der Waals surface area (Å²) in [4.78, 5) is 47.4. The first kappa shape index (κ1) is 28.9. The molecule has 0 unspecified atom stereocenters. The van der Waals surface area contributed by atoms with E-state index in [1.54, 1.807) is 7.05 Å². The molecule has 1 fully saturated rings. The van der Waals surface area contributed by atoms with Gasteiger partial charge in [-0.15, -0.1) is 0 Å². The number of hydrogen-bond donors (Lipinski definition) is 6.